The van der Waals surface area contributed by atoms with E-state index in [-0.39, 0.29) is 11.5 Å². The molecule has 0 unspecified atom stereocenters. The molecule has 1 atom stereocenters. The molecule has 112 valence electrons. The smallest absolute Gasteiger partial charge is 0.241 e. The van der Waals surface area contributed by atoms with Crippen molar-refractivity contribution < 1.29 is 17.9 Å². The van der Waals surface area contributed by atoms with Crippen LogP contribution in [-0.2, 0) is 16.4 Å². The summed E-state index contributed by atoms with van der Waals surface area (Å²) >= 11 is 0. The van der Waals surface area contributed by atoms with Gasteiger partial charge in [-0.05, 0) is 30.2 Å². The number of aliphatic hydroxyl groups is 1. The summed E-state index contributed by atoms with van der Waals surface area (Å²) in [6.45, 7) is -0.344. The molecule has 2 rings (SSSR count). The monoisotopic (exact) mass is 309 g/mol. The van der Waals surface area contributed by atoms with Crippen molar-refractivity contribution in [2.45, 2.75) is 17.4 Å². The highest BCUT2D eigenvalue weighted by molar-refractivity contribution is 7.89. The van der Waals surface area contributed by atoms with E-state index in [4.69, 9.17) is 0 Å². The predicted octanol–water partition coefficient (Wildman–Crippen LogP) is 1.71. The number of hydrogen-bond acceptors (Lipinski definition) is 3. The van der Waals surface area contributed by atoms with E-state index in [9.17, 15) is 17.9 Å². The van der Waals surface area contributed by atoms with E-state index < -0.39 is 21.9 Å². The Morgan fingerprint density at radius 3 is 2.43 bits per heavy atom. The topological polar surface area (TPSA) is 66.4 Å². The largest absolute Gasteiger partial charge is 0.395 e. The summed E-state index contributed by atoms with van der Waals surface area (Å²) in [5, 5.41) is 9.35. The zero-order valence-corrected chi connectivity index (χ0v) is 12.1. The molecule has 0 aromatic heterocycles. The maximum atomic E-state index is 13.1. The highest BCUT2D eigenvalue weighted by atomic mass is 32.2. The molecule has 0 fully saturated rings. The summed E-state index contributed by atoms with van der Waals surface area (Å²) in [5.74, 6) is -0.624. The van der Waals surface area contributed by atoms with Crippen LogP contribution in [0, 0.1) is 5.82 Å². The van der Waals surface area contributed by atoms with Crippen molar-refractivity contribution in [2.75, 3.05) is 6.61 Å². The minimum atomic E-state index is -3.86. The molecule has 0 aliphatic rings. The van der Waals surface area contributed by atoms with Gasteiger partial charge in [0.05, 0.1) is 11.5 Å². The molecular weight excluding hydrogens is 293 g/mol. The van der Waals surface area contributed by atoms with Gasteiger partial charge in [-0.25, -0.2) is 17.5 Å². The SMILES string of the molecule is O=S(=O)(N[C@H](CO)Cc1ccccc1)c1cccc(F)c1. The summed E-state index contributed by atoms with van der Waals surface area (Å²) in [6.07, 6.45) is 0.353. The zero-order chi connectivity index (χ0) is 15.3. The van der Waals surface area contributed by atoms with E-state index in [1.54, 1.807) is 0 Å². The summed E-state index contributed by atoms with van der Waals surface area (Å²) in [7, 11) is -3.86. The van der Waals surface area contributed by atoms with Crippen LogP contribution in [0.2, 0.25) is 0 Å². The Bertz CT molecular complexity index is 689. The van der Waals surface area contributed by atoms with Crippen LogP contribution in [0.25, 0.3) is 0 Å². The minimum absolute atomic E-state index is 0.158. The molecule has 0 amide bonds. The fraction of sp³-hybridized carbons (Fsp3) is 0.200. The zero-order valence-electron chi connectivity index (χ0n) is 11.2. The molecule has 0 heterocycles. The number of rotatable bonds is 6. The highest BCUT2D eigenvalue weighted by Gasteiger charge is 2.20. The van der Waals surface area contributed by atoms with Crippen LogP contribution in [0.15, 0.2) is 59.5 Å². The van der Waals surface area contributed by atoms with Crippen molar-refractivity contribution in [1.82, 2.24) is 4.72 Å². The summed E-state index contributed by atoms with van der Waals surface area (Å²) in [6, 6.07) is 13.3. The van der Waals surface area contributed by atoms with Gasteiger partial charge in [0.15, 0.2) is 0 Å². The van der Waals surface area contributed by atoms with Crippen LogP contribution in [-0.4, -0.2) is 26.2 Å². The van der Waals surface area contributed by atoms with Gasteiger partial charge in [-0.1, -0.05) is 36.4 Å². The maximum Gasteiger partial charge on any atom is 0.241 e. The second kappa shape index (κ2) is 6.80. The molecule has 0 aliphatic carbocycles. The molecule has 4 nitrogen and oxygen atoms in total. The quantitative estimate of drug-likeness (QED) is 0.853. The molecule has 0 saturated carbocycles. The Morgan fingerprint density at radius 1 is 1.10 bits per heavy atom. The number of hydrogen-bond donors (Lipinski definition) is 2. The third-order valence-electron chi connectivity index (χ3n) is 2.97. The Labute approximate surface area is 123 Å². The minimum Gasteiger partial charge on any atom is -0.395 e. The van der Waals surface area contributed by atoms with Crippen LogP contribution in [0.3, 0.4) is 0 Å². The van der Waals surface area contributed by atoms with Crippen LogP contribution in [0.1, 0.15) is 5.56 Å². The third-order valence-corrected chi connectivity index (χ3v) is 4.49. The molecule has 2 aromatic rings. The number of halogens is 1. The lowest BCUT2D eigenvalue weighted by Crippen LogP contribution is -2.39. The molecule has 2 aromatic carbocycles. The second-order valence-electron chi connectivity index (χ2n) is 4.65. The third kappa shape index (κ3) is 4.35. The van der Waals surface area contributed by atoms with Crippen molar-refractivity contribution in [2.24, 2.45) is 0 Å². The van der Waals surface area contributed by atoms with Crippen molar-refractivity contribution in [3.05, 3.63) is 66.0 Å². The molecule has 0 bridgehead atoms. The van der Waals surface area contributed by atoms with Gasteiger partial charge >= 0.3 is 0 Å². The number of sulfonamides is 1. The fourth-order valence-electron chi connectivity index (χ4n) is 1.96. The normalized spacial score (nSPS) is 13.0. The molecule has 0 saturated heterocycles. The van der Waals surface area contributed by atoms with E-state index in [1.165, 1.54) is 18.2 Å². The van der Waals surface area contributed by atoms with E-state index in [0.29, 0.717) is 6.42 Å². The molecule has 0 radical (unpaired) electrons. The average Bonchev–Trinajstić information content (AvgIpc) is 2.47. The highest BCUT2D eigenvalue weighted by Crippen LogP contribution is 2.12. The summed E-state index contributed by atoms with van der Waals surface area (Å²) in [4.78, 5) is -0.158. The van der Waals surface area contributed by atoms with Gasteiger partial charge in [0.25, 0.3) is 0 Å². The van der Waals surface area contributed by atoms with E-state index in [1.807, 2.05) is 30.3 Å². The summed E-state index contributed by atoms with van der Waals surface area (Å²) in [5.41, 5.74) is 0.901. The van der Waals surface area contributed by atoms with Crippen molar-refractivity contribution in [3.63, 3.8) is 0 Å². The van der Waals surface area contributed by atoms with E-state index in [0.717, 1.165) is 11.6 Å². The van der Waals surface area contributed by atoms with Gasteiger partial charge in [0.2, 0.25) is 10.0 Å². The second-order valence-corrected chi connectivity index (χ2v) is 6.36. The Kier molecular flexibility index (Phi) is 5.06. The van der Waals surface area contributed by atoms with Crippen LogP contribution in [0.5, 0.6) is 0 Å². The van der Waals surface area contributed by atoms with E-state index in [2.05, 4.69) is 4.72 Å². The summed E-state index contributed by atoms with van der Waals surface area (Å²) < 4.78 is 39.8. The Morgan fingerprint density at radius 2 is 1.81 bits per heavy atom. The van der Waals surface area contributed by atoms with Gasteiger partial charge in [-0.3, -0.25) is 0 Å². The Balaban J connectivity index is 2.14. The molecule has 21 heavy (non-hydrogen) atoms. The van der Waals surface area contributed by atoms with Crippen LogP contribution in [0.4, 0.5) is 4.39 Å². The van der Waals surface area contributed by atoms with Crippen molar-refractivity contribution in [3.8, 4) is 0 Å². The maximum absolute atomic E-state index is 13.1. The van der Waals surface area contributed by atoms with Crippen molar-refractivity contribution in [1.29, 1.82) is 0 Å². The van der Waals surface area contributed by atoms with Gasteiger partial charge in [-0.2, -0.15) is 0 Å². The van der Waals surface area contributed by atoms with E-state index >= 15 is 0 Å². The Hall–Kier alpha value is -1.76. The predicted molar refractivity (Wildman–Crippen MR) is 77.7 cm³/mol. The molecule has 2 N–H and O–H groups in total. The van der Waals surface area contributed by atoms with Gasteiger partial charge in [-0.15, -0.1) is 0 Å². The van der Waals surface area contributed by atoms with Gasteiger partial charge in [0.1, 0.15) is 5.82 Å². The first-order valence-corrected chi connectivity index (χ1v) is 7.92. The average molecular weight is 309 g/mol. The van der Waals surface area contributed by atoms with Gasteiger partial charge < -0.3 is 5.11 Å². The lowest BCUT2D eigenvalue weighted by Gasteiger charge is -2.16. The lowest BCUT2D eigenvalue weighted by molar-refractivity contribution is 0.256. The van der Waals surface area contributed by atoms with Crippen LogP contribution >= 0.6 is 0 Å². The molecular formula is C15H16FNO3S. The lowest BCUT2D eigenvalue weighted by atomic mass is 10.1. The number of aliphatic hydroxyl groups excluding tert-OH is 1. The first-order chi connectivity index (χ1) is 10.0. The molecule has 0 spiro atoms. The van der Waals surface area contributed by atoms with Gasteiger partial charge in [0, 0.05) is 6.04 Å². The standard InChI is InChI=1S/C15H16FNO3S/c16-13-7-4-8-15(10-13)21(19,20)17-14(11-18)9-12-5-2-1-3-6-12/h1-8,10,14,17-18H,9,11H2/t14-/m0/s1. The van der Waals surface area contributed by atoms with Crippen LogP contribution < -0.4 is 4.72 Å². The first kappa shape index (κ1) is 15.6. The fourth-order valence-corrected chi connectivity index (χ4v) is 3.22. The van der Waals surface area contributed by atoms with Crippen molar-refractivity contribution >= 4 is 10.0 Å². The first-order valence-electron chi connectivity index (χ1n) is 6.44. The molecule has 6 heteroatoms. The molecule has 0 aliphatic heterocycles. The number of nitrogens with one attached hydrogen (secondary N) is 1. The number of benzene rings is 2.